The third kappa shape index (κ3) is 5.31. The first-order chi connectivity index (χ1) is 15.2. The molecule has 0 bridgehead atoms. The van der Waals surface area contributed by atoms with Gasteiger partial charge >= 0.3 is 12.1 Å². The predicted octanol–water partition coefficient (Wildman–Crippen LogP) is 7.80. The highest BCUT2D eigenvalue weighted by Crippen LogP contribution is 2.49. The first kappa shape index (κ1) is 23.6. The smallest absolute Gasteiger partial charge is 0.419 e. The van der Waals surface area contributed by atoms with Crippen LogP contribution in [0.25, 0.3) is 0 Å². The van der Waals surface area contributed by atoms with E-state index in [1.807, 2.05) is 0 Å². The number of benzene rings is 1. The molecule has 0 aromatic heterocycles. The summed E-state index contributed by atoms with van der Waals surface area (Å²) in [6, 6.07) is 2.29. The number of fused-ring (bicyclic) bond motifs is 1. The summed E-state index contributed by atoms with van der Waals surface area (Å²) in [4.78, 5) is 12.5. The highest BCUT2D eigenvalue weighted by Gasteiger charge is 2.39. The Morgan fingerprint density at radius 1 is 0.906 bits per heavy atom. The SMILES string of the molecule is CCC1CCC2CC(C3CCC(C(=O)Oc4ccc(C(F)(F)F)c(F)c4)CC3)CCC2C1. The summed E-state index contributed by atoms with van der Waals surface area (Å²) in [5.74, 6) is 1.85. The molecule has 3 saturated carbocycles. The number of carbonyl (C=O) groups is 1. The normalized spacial score (nSPS) is 33.4. The van der Waals surface area contributed by atoms with Crippen molar-refractivity contribution in [1.82, 2.24) is 0 Å². The van der Waals surface area contributed by atoms with Crippen LogP contribution in [0.3, 0.4) is 0 Å². The van der Waals surface area contributed by atoms with Gasteiger partial charge in [0.2, 0.25) is 0 Å². The molecule has 0 heterocycles. The average molecular weight is 455 g/mol. The molecule has 0 saturated heterocycles. The molecule has 0 radical (unpaired) electrons. The Kier molecular flexibility index (Phi) is 7.16. The van der Waals surface area contributed by atoms with Crippen molar-refractivity contribution in [3.8, 4) is 5.75 Å². The van der Waals surface area contributed by atoms with Crippen molar-refractivity contribution in [1.29, 1.82) is 0 Å². The van der Waals surface area contributed by atoms with Gasteiger partial charge in [0, 0.05) is 6.07 Å². The number of hydrogen-bond acceptors (Lipinski definition) is 2. The lowest BCUT2D eigenvalue weighted by atomic mass is 9.61. The summed E-state index contributed by atoms with van der Waals surface area (Å²) in [6.45, 7) is 2.31. The predicted molar refractivity (Wildman–Crippen MR) is 114 cm³/mol. The van der Waals surface area contributed by atoms with Gasteiger partial charge in [0.15, 0.2) is 0 Å². The number of alkyl halides is 3. The van der Waals surface area contributed by atoms with Crippen molar-refractivity contribution in [3.63, 3.8) is 0 Å². The lowest BCUT2D eigenvalue weighted by Gasteiger charge is -2.45. The molecule has 2 nitrogen and oxygen atoms in total. The Labute approximate surface area is 188 Å². The van der Waals surface area contributed by atoms with Crippen LogP contribution < -0.4 is 4.74 Å². The Hall–Kier alpha value is -1.59. The monoisotopic (exact) mass is 454 g/mol. The molecule has 3 aliphatic carbocycles. The van der Waals surface area contributed by atoms with Crippen LogP contribution in [-0.2, 0) is 11.0 Å². The van der Waals surface area contributed by atoms with Gasteiger partial charge in [-0.05, 0) is 99.5 Å². The molecule has 1 aromatic rings. The first-order valence-electron chi connectivity index (χ1n) is 12.3. The average Bonchev–Trinajstić information content (AvgIpc) is 2.77. The van der Waals surface area contributed by atoms with E-state index in [0.29, 0.717) is 18.1 Å². The quantitative estimate of drug-likeness (QED) is 0.264. The van der Waals surface area contributed by atoms with Crippen LogP contribution in [0.1, 0.15) is 83.1 Å². The van der Waals surface area contributed by atoms with Gasteiger partial charge in [-0.3, -0.25) is 4.79 Å². The molecule has 4 atom stereocenters. The van der Waals surface area contributed by atoms with Crippen LogP contribution in [0.2, 0.25) is 0 Å². The van der Waals surface area contributed by atoms with Crippen molar-refractivity contribution >= 4 is 5.97 Å². The maximum Gasteiger partial charge on any atom is 0.419 e. The lowest BCUT2D eigenvalue weighted by molar-refractivity contribution is -0.140. The van der Waals surface area contributed by atoms with Gasteiger partial charge in [-0.25, -0.2) is 4.39 Å². The maximum absolute atomic E-state index is 13.7. The Morgan fingerprint density at radius 2 is 1.50 bits per heavy atom. The Morgan fingerprint density at radius 3 is 2.12 bits per heavy atom. The fourth-order valence-corrected chi connectivity index (χ4v) is 6.64. The van der Waals surface area contributed by atoms with Gasteiger partial charge in [-0.15, -0.1) is 0 Å². The number of halogens is 4. The molecule has 3 aliphatic rings. The molecule has 6 heteroatoms. The van der Waals surface area contributed by atoms with Gasteiger partial charge in [0.25, 0.3) is 0 Å². The zero-order valence-corrected chi connectivity index (χ0v) is 18.8. The molecular formula is C26H34F4O2. The molecule has 1 aromatic carbocycles. The lowest BCUT2D eigenvalue weighted by Crippen LogP contribution is -2.35. The van der Waals surface area contributed by atoms with Crippen LogP contribution >= 0.6 is 0 Å². The van der Waals surface area contributed by atoms with Crippen molar-refractivity contribution in [2.75, 3.05) is 0 Å². The minimum absolute atomic E-state index is 0.163. The van der Waals surface area contributed by atoms with E-state index in [0.717, 1.165) is 55.4 Å². The van der Waals surface area contributed by atoms with Gasteiger partial charge < -0.3 is 4.74 Å². The van der Waals surface area contributed by atoms with E-state index < -0.39 is 23.5 Å². The first-order valence-corrected chi connectivity index (χ1v) is 12.3. The molecule has 3 fully saturated rings. The molecule has 178 valence electrons. The van der Waals surface area contributed by atoms with E-state index in [4.69, 9.17) is 4.74 Å². The summed E-state index contributed by atoms with van der Waals surface area (Å²) in [6.07, 6.45) is 8.22. The molecule has 0 amide bonds. The zero-order chi connectivity index (χ0) is 22.9. The topological polar surface area (TPSA) is 26.3 Å². The molecule has 0 N–H and O–H groups in total. The second kappa shape index (κ2) is 9.72. The Bertz CT molecular complexity index is 798. The van der Waals surface area contributed by atoms with Crippen LogP contribution in [-0.4, -0.2) is 5.97 Å². The second-order valence-corrected chi connectivity index (χ2v) is 10.4. The van der Waals surface area contributed by atoms with Crippen molar-refractivity contribution in [3.05, 3.63) is 29.6 Å². The number of hydrogen-bond donors (Lipinski definition) is 0. The third-order valence-electron chi connectivity index (χ3n) is 8.58. The molecule has 4 unspecified atom stereocenters. The second-order valence-electron chi connectivity index (χ2n) is 10.4. The Balaban J connectivity index is 1.26. The van der Waals surface area contributed by atoms with Gasteiger partial charge in [-0.1, -0.05) is 19.8 Å². The van der Waals surface area contributed by atoms with E-state index in [2.05, 4.69) is 6.92 Å². The van der Waals surface area contributed by atoms with Crippen LogP contribution in [0.5, 0.6) is 5.75 Å². The molecule has 4 rings (SSSR count). The highest BCUT2D eigenvalue weighted by atomic mass is 19.4. The summed E-state index contributed by atoms with van der Waals surface area (Å²) < 4.78 is 57.1. The van der Waals surface area contributed by atoms with E-state index in [1.165, 1.54) is 44.9 Å². The fourth-order valence-electron chi connectivity index (χ4n) is 6.64. The van der Waals surface area contributed by atoms with Gasteiger partial charge in [0.05, 0.1) is 11.5 Å². The molecule has 32 heavy (non-hydrogen) atoms. The summed E-state index contributed by atoms with van der Waals surface area (Å²) in [7, 11) is 0. The van der Waals surface area contributed by atoms with Crippen molar-refractivity contribution < 1.29 is 27.1 Å². The van der Waals surface area contributed by atoms with E-state index in [-0.39, 0.29) is 11.7 Å². The molecular weight excluding hydrogens is 420 g/mol. The zero-order valence-electron chi connectivity index (χ0n) is 18.8. The minimum Gasteiger partial charge on any atom is -0.426 e. The highest BCUT2D eigenvalue weighted by molar-refractivity contribution is 5.75. The standard InChI is InChI=1S/C26H34F4O2/c1-2-16-3-4-21-14-20(10-9-19(21)13-16)17-5-7-18(8-6-17)25(31)32-22-11-12-23(24(27)15-22)26(28,29)30/h11-12,15-21H,2-10,13-14H2,1H3. The maximum atomic E-state index is 13.7. The van der Waals surface area contributed by atoms with Gasteiger partial charge in [0.1, 0.15) is 11.6 Å². The van der Waals surface area contributed by atoms with Crippen molar-refractivity contribution in [2.24, 2.45) is 35.5 Å². The third-order valence-corrected chi connectivity index (χ3v) is 8.58. The van der Waals surface area contributed by atoms with Crippen LogP contribution in [0.4, 0.5) is 17.6 Å². The van der Waals surface area contributed by atoms with Gasteiger partial charge in [-0.2, -0.15) is 13.2 Å². The van der Waals surface area contributed by atoms with Crippen LogP contribution in [0, 0.1) is 41.3 Å². The minimum atomic E-state index is -4.76. The summed E-state index contributed by atoms with van der Waals surface area (Å²) in [5, 5.41) is 0. The van der Waals surface area contributed by atoms with Crippen LogP contribution in [0.15, 0.2) is 18.2 Å². The molecule has 0 aliphatic heterocycles. The van der Waals surface area contributed by atoms with Crippen molar-refractivity contribution in [2.45, 2.75) is 83.7 Å². The van der Waals surface area contributed by atoms with E-state index in [9.17, 15) is 22.4 Å². The fraction of sp³-hybridized carbons (Fsp3) is 0.731. The van der Waals surface area contributed by atoms with E-state index >= 15 is 0 Å². The number of carbonyl (C=O) groups excluding carboxylic acids is 1. The largest absolute Gasteiger partial charge is 0.426 e. The number of rotatable bonds is 4. The molecule has 0 spiro atoms. The van der Waals surface area contributed by atoms with E-state index in [1.54, 1.807) is 0 Å². The number of esters is 1. The number of ether oxygens (including phenoxy) is 1. The summed E-state index contributed by atoms with van der Waals surface area (Å²) >= 11 is 0. The summed E-state index contributed by atoms with van der Waals surface area (Å²) in [5.41, 5.74) is -1.35.